The fraction of sp³-hybridized carbons (Fsp3) is 0.333. The van der Waals surface area contributed by atoms with Crippen LogP contribution in [0, 0.1) is 0 Å². The molecule has 1 aliphatic carbocycles. The van der Waals surface area contributed by atoms with Crippen LogP contribution in [0.15, 0.2) is 66.7 Å². The van der Waals surface area contributed by atoms with Crippen LogP contribution in [0.1, 0.15) is 48.8 Å². The molecule has 0 amide bonds. The second-order valence-corrected chi connectivity index (χ2v) is 7.92. The van der Waals surface area contributed by atoms with E-state index in [2.05, 4.69) is 66.7 Å². The van der Waals surface area contributed by atoms with E-state index in [0.717, 1.165) is 18.4 Å². The molecule has 0 radical (unpaired) electrons. The third-order valence-electron chi connectivity index (χ3n) is 6.40. The summed E-state index contributed by atoms with van der Waals surface area (Å²) in [5.74, 6) is 0. The molecule has 0 bridgehead atoms. The zero-order valence-corrected chi connectivity index (χ0v) is 15.1. The molecule has 2 aliphatic rings. The lowest BCUT2D eigenvalue weighted by Crippen LogP contribution is -2.52. The first kappa shape index (κ1) is 16.0. The highest BCUT2D eigenvalue weighted by Gasteiger charge is 2.47. The molecule has 1 saturated carbocycles. The normalized spacial score (nSPS) is 24.5. The first-order chi connectivity index (χ1) is 12.7. The Kier molecular flexibility index (Phi) is 3.66. The number of rotatable bonds is 1. The lowest BCUT2D eigenvalue weighted by Gasteiger charge is -2.48. The summed E-state index contributed by atoms with van der Waals surface area (Å²) >= 11 is 0. The average molecular weight is 343 g/mol. The van der Waals surface area contributed by atoms with Gasteiger partial charge in [0.15, 0.2) is 0 Å². The van der Waals surface area contributed by atoms with Gasteiger partial charge in [-0.3, -0.25) is 0 Å². The Morgan fingerprint density at radius 2 is 1.42 bits per heavy atom. The Bertz CT molecular complexity index is 957. The first-order valence-electron chi connectivity index (χ1n) is 9.73. The number of ether oxygens (including phenoxy) is 1. The summed E-state index contributed by atoms with van der Waals surface area (Å²) in [6, 6.07) is 23.7. The maximum Gasteiger partial charge on any atom is 0.0936 e. The van der Waals surface area contributed by atoms with E-state index in [0.29, 0.717) is 6.61 Å². The van der Waals surface area contributed by atoms with Crippen LogP contribution in [-0.4, -0.2) is 6.61 Å². The van der Waals surface area contributed by atoms with Crippen molar-refractivity contribution in [1.29, 1.82) is 0 Å². The van der Waals surface area contributed by atoms with Crippen LogP contribution in [-0.2, 0) is 15.9 Å². The van der Waals surface area contributed by atoms with Gasteiger partial charge >= 0.3 is 0 Å². The Labute approximate surface area is 155 Å². The molecule has 1 heterocycles. The summed E-state index contributed by atoms with van der Waals surface area (Å²) in [5.41, 5.74) is 10.0. The van der Waals surface area contributed by atoms with E-state index in [-0.39, 0.29) is 5.60 Å². The molecule has 1 spiro atoms. The third-order valence-corrected chi connectivity index (χ3v) is 6.40. The molecule has 2 nitrogen and oxygen atoms in total. The SMILES string of the molecule is NC1(c2ccc3ccccc3c2)COC2(CCCCC2)c2ccccc21. The quantitative estimate of drug-likeness (QED) is 0.656. The first-order valence-corrected chi connectivity index (χ1v) is 9.73. The highest BCUT2D eigenvalue weighted by atomic mass is 16.5. The minimum Gasteiger partial charge on any atom is -0.368 e. The zero-order valence-electron chi connectivity index (χ0n) is 15.1. The minimum atomic E-state index is -0.594. The number of fused-ring (bicyclic) bond motifs is 3. The molecule has 3 aromatic rings. The van der Waals surface area contributed by atoms with Crippen LogP contribution in [0.2, 0.25) is 0 Å². The maximum absolute atomic E-state index is 7.05. The van der Waals surface area contributed by atoms with Gasteiger partial charge in [-0.25, -0.2) is 0 Å². The molecular formula is C24H25NO. The highest BCUT2D eigenvalue weighted by molar-refractivity contribution is 5.83. The van der Waals surface area contributed by atoms with Crippen LogP contribution < -0.4 is 5.73 Å². The second-order valence-electron chi connectivity index (χ2n) is 7.92. The van der Waals surface area contributed by atoms with E-state index in [1.165, 1.54) is 41.2 Å². The van der Waals surface area contributed by atoms with Crippen LogP contribution in [0.3, 0.4) is 0 Å². The van der Waals surface area contributed by atoms with Crippen molar-refractivity contribution in [2.45, 2.75) is 43.2 Å². The lowest BCUT2D eigenvalue weighted by molar-refractivity contribution is -0.104. The summed E-state index contributed by atoms with van der Waals surface area (Å²) in [4.78, 5) is 0. The van der Waals surface area contributed by atoms with E-state index in [1.807, 2.05) is 0 Å². The van der Waals surface area contributed by atoms with Crippen molar-refractivity contribution < 1.29 is 4.74 Å². The summed E-state index contributed by atoms with van der Waals surface area (Å²) in [6.07, 6.45) is 6.01. The van der Waals surface area contributed by atoms with Crippen molar-refractivity contribution in [3.05, 3.63) is 83.4 Å². The van der Waals surface area contributed by atoms with Crippen LogP contribution in [0.25, 0.3) is 10.8 Å². The summed E-state index contributed by atoms with van der Waals surface area (Å²) in [6.45, 7) is 0.544. The van der Waals surface area contributed by atoms with Gasteiger partial charge in [-0.15, -0.1) is 0 Å². The number of hydrogen-bond acceptors (Lipinski definition) is 2. The molecule has 1 atom stereocenters. The summed E-state index contributed by atoms with van der Waals surface area (Å²) in [7, 11) is 0. The van der Waals surface area contributed by atoms with Crippen LogP contribution >= 0.6 is 0 Å². The molecule has 0 aromatic heterocycles. The smallest absolute Gasteiger partial charge is 0.0936 e. The molecule has 0 saturated heterocycles. The third kappa shape index (κ3) is 2.33. The largest absolute Gasteiger partial charge is 0.368 e. The maximum atomic E-state index is 7.05. The molecule has 1 unspecified atom stereocenters. The molecule has 2 heteroatoms. The van der Waals surface area contributed by atoms with Crippen LogP contribution in [0.4, 0.5) is 0 Å². The van der Waals surface area contributed by atoms with E-state index in [1.54, 1.807) is 0 Å². The Morgan fingerprint density at radius 3 is 2.23 bits per heavy atom. The van der Waals surface area contributed by atoms with Gasteiger partial charge in [-0.1, -0.05) is 79.9 Å². The van der Waals surface area contributed by atoms with Crippen molar-refractivity contribution in [1.82, 2.24) is 0 Å². The fourth-order valence-corrected chi connectivity index (χ4v) is 4.92. The van der Waals surface area contributed by atoms with Gasteiger partial charge in [-0.05, 0) is 46.4 Å². The monoisotopic (exact) mass is 343 g/mol. The van der Waals surface area contributed by atoms with Gasteiger partial charge in [-0.2, -0.15) is 0 Å². The number of benzene rings is 3. The highest BCUT2D eigenvalue weighted by Crippen LogP contribution is 2.49. The van der Waals surface area contributed by atoms with Crippen molar-refractivity contribution in [3.8, 4) is 0 Å². The van der Waals surface area contributed by atoms with Crippen LogP contribution in [0.5, 0.6) is 0 Å². The van der Waals surface area contributed by atoms with Crippen molar-refractivity contribution >= 4 is 10.8 Å². The predicted molar refractivity (Wildman–Crippen MR) is 106 cm³/mol. The fourth-order valence-electron chi connectivity index (χ4n) is 4.92. The van der Waals surface area contributed by atoms with Crippen molar-refractivity contribution in [3.63, 3.8) is 0 Å². The Hall–Kier alpha value is -2.16. The van der Waals surface area contributed by atoms with Gasteiger partial charge in [0.1, 0.15) is 0 Å². The molecule has 2 N–H and O–H groups in total. The second kappa shape index (κ2) is 5.94. The van der Waals surface area contributed by atoms with E-state index in [4.69, 9.17) is 10.5 Å². The Balaban J connectivity index is 1.66. The molecule has 5 rings (SSSR count). The van der Waals surface area contributed by atoms with E-state index >= 15 is 0 Å². The average Bonchev–Trinajstić information content (AvgIpc) is 2.72. The number of hydrogen-bond donors (Lipinski definition) is 1. The molecule has 1 fully saturated rings. The Morgan fingerprint density at radius 1 is 0.731 bits per heavy atom. The molecule has 3 aromatic carbocycles. The van der Waals surface area contributed by atoms with Gasteiger partial charge < -0.3 is 10.5 Å². The van der Waals surface area contributed by atoms with Gasteiger partial charge in [0, 0.05) is 0 Å². The van der Waals surface area contributed by atoms with Crippen molar-refractivity contribution in [2.75, 3.05) is 6.61 Å². The predicted octanol–water partition coefficient (Wildman–Crippen LogP) is 5.23. The van der Waals surface area contributed by atoms with Gasteiger partial charge in [0.2, 0.25) is 0 Å². The summed E-state index contributed by atoms with van der Waals surface area (Å²) in [5, 5.41) is 2.47. The van der Waals surface area contributed by atoms with E-state index in [9.17, 15) is 0 Å². The van der Waals surface area contributed by atoms with Gasteiger partial charge in [0.05, 0.1) is 17.7 Å². The topological polar surface area (TPSA) is 35.2 Å². The lowest BCUT2D eigenvalue weighted by atomic mass is 9.70. The number of nitrogens with two attached hydrogens (primary N) is 1. The molecule has 132 valence electrons. The van der Waals surface area contributed by atoms with E-state index < -0.39 is 5.54 Å². The molecule has 1 aliphatic heterocycles. The molecular weight excluding hydrogens is 318 g/mol. The standard InChI is InChI=1S/C24H25NO/c25-24(20-13-12-18-8-2-3-9-19(18)16-20)17-26-23(14-6-1-7-15-23)21-10-4-5-11-22(21)24/h2-5,8-13,16H,1,6-7,14-15,17,25H2. The molecule has 26 heavy (non-hydrogen) atoms. The van der Waals surface area contributed by atoms with Crippen molar-refractivity contribution in [2.24, 2.45) is 5.73 Å². The minimum absolute atomic E-state index is 0.130. The van der Waals surface area contributed by atoms with Gasteiger partial charge in [0.25, 0.3) is 0 Å². The zero-order chi connectivity index (χ0) is 17.6. The summed E-state index contributed by atoms with van der Waals surface area (Å²) < 4.78 is 6.59.